The van der Waals surface area contributed by atoms with Gasteiger partial charge in [-0.25, -0.2) is 0 Å². The van der Waals surface area contributed by atoms with Gasteiger partial charge in [0.2, 0.25) is 0 Å². The average Bonchev–Trinajstić information content (AvgIpc) is 1.69. The summed E-state index contributed by atoms with van der Waals surface area (Å²) in [6.45, 7) is 0. The van der Waals surface area contributed by atoms with Crippen LogP contribution in [0.5, 0.6) is 5.75 Å². The molecule has 1 rings (SSSR count). The zero-order valence-corrected chi connectivity index (χ0v) is 7.88. The van der Waals surface area contributed by atoms with E-state index in [1.807, 2.05) is 0 Å². The third-order valence-corrected chi connectivity index (χ3v) is 0.693. The molecule has 0 atom stereocenters. The van der Waals surface area contributed by atoms with Crippen molar-refractivity contribution in [1.82, 2.24) is 0 Å². The molecule has 2 heteroatoms. The minimum Gasteiger partial charge on any atom is -0.534 e. The molecule has 0 fully saturated rings. The summed E-state index contributed by atoms with van der Waals surface area (Å²) in [6.07, 6.45) is 0. The average molecular weight is 132 g/mol. The van der Waals surface area contributed by atoms with Crippen molar-refractivity contribution in [2.24, 2.45) is 0 Å². The normalized spacial score (nSPS) is 7.50. The van der Waals surface area contributed by atoms with Gasteiger partial charge in [0.15, 0.2) is 0 Å². The molecule has 0 radical (unpaired) electrons. The third kappa shape index (κ3) is 2.84. The van der Waals surface area contributed by atoms with E-state index in [4.69, 9.17) is 5.11 Å². The summed E-state index contributed by atoms with van der Waals surface area (Å²) in [5.74, 6) is 0.197. The maximum absolute atomic E-state index is 8.58. The fraction of sp³-hybridized carbons (Fsp3) is 0. The Balaban J connectivity index is 0.000000490. The van der Waals surface area contributed by atoms with Gasteiger partial charge in [0.05, 0.1) is 0 Å². The Morgan fingerprint density at radius 1 is 1.38 bits per heavy atom. The molecule has 0 bridgehead atoms. The van der Waals surface area contributed by atoms with Crippen molar-refractivity contribution in [1.29, 1.82) is 0 Å². The van der Waals surface area contributed by atoms with E-state index in [0.29, 0.717) is 0 Å². The van der Waals surface area contributed by atoms with Gasteiger partial charge in [0.1, 0.15) is 0 Å². The Morgan fingerprint density at radius 3 is 2.38 bits per heavy atom. The Morgan fingerprint density at radius 2 is 2.12 bits per heavy atom. The number of para-hydroxylation sites is 1. The van der Waals surface area contributed by atoms with E-state index in [1.54, 1.807) is 24.3 Å². The van der Waals surface area contributed by atoms with Crippen LogP contribution in [-0.4, -0.2) is 5.11 Å². The van der Waals surface area contributed by atoms with E-state index >= 15 is 0 Å². The summed E-state index contributed by atoms with van der Waals surface area (Å²) in [6, 6.07) is 9.39. The number of aromatic hydroxyl groups is 1. The summed E-state index contributed by atoms with van der Waals surface area (Å²) >= 11 is 0. The van der Waals surface area contributed by atoms with E-state index in [-0.39, 0.29) is 57.1 Å². The molecule has 0 amide bonds. The van der Waals surface area contributed by atoms with E-state index in [1.165, 1.54) is 0 Å². The molecule has 1 aromatic rings. The molecule has 1 N–H and O–H groups in total. The summed E-state index contributed by atoms with van der Waals surface area (Å²) in [5, 5.41) is 8.58. The Hall–Kier alpha value is 0.656. The maximum atomic E-state index is 8.58. The van der Waals surface area contributed by atoms with Crippen LogP contribution in [0.4, 0.5) is 0 Å². The molecule has 0 aliphatic heterocycles. The quantitative estimate of drug-likeness (QED) is 0.326. The first-order chi connectivity index (χ1) is 3.39. The number of phenols is 1. The van der Waals surface area contributed by atoms with E-state index in [0.717, 1.165) is 0 Å². The molecule has 36 valence electrons. The number of benzene rings is 1. The monoisotopic (exact) mass is 132 g/mol. The second-order valence-corrected chi connectivity index (χ2v) is 1.25. The third-order valence-electron chi connectivity index (χ3n) is 0.693. The summed E-state index contributed by atoms with van der Waals surface area (Å²) in [4.78, 5) is 0. The van der Waals surface area contributed by atoms with Gasteiger partial charge in [-0.2, -0.15) is 18.2 Å². The van der Waals surface area contributed by atoms with Gasteiger partial charge in [0.25, 0.3) is 0 Å². The molecule has 0 saturated heterocycles. The van der Waals surface area contributed by atoms with Gasteiger partial charge in [-0.15, -0.1) is 12.1 Å². The van der Waals surface area contributed by atoms with Crippen molar-refractivity contribution in [3.63, 3.8) is 0 Å². The van der Waals surface area contributed by atoms with E-state index < -0.39 is 0 Å². The van der Waals surface area contributed by atoms with Crippen LogP contribution in [0.3, 0.4) is 0 Å². The molecule has 1 nitrogen and oxygen atoms in total. The predicted molar refractivity (Wildman–Crippen MR) is 26.9 cm³/mol. The van der Waals surface area contributed by atoms with Crippen molar-refractivity contribution >= 4 is 0 Å². The first-order valence-electron chi connectivity index (χ1n) is 2.05. The molecule has 0 unspecified atom stereocenters. The van der Waals surface area contributed by atoms with Crippen LogP contribution in [0, 0.1) is 6.07 Å². The van der Waals surface area contributed by atoms with Crippen LogP contribution in [0.15, 0.2) is 24.3 Å². The summed E-state index contributed by atoms with van der Waals surface area (Å²) in [7, 11) is 0. The van der Waals surface area contributed by atoms with Crippen molar-refractivity contribution in [3.8, 4) is 5.75 Å². The molecule has 0 aliphatic rings. The van der Waals surface area contributed by atoms with Crippen LogP contribution >= 0.6 is 0 Å². The second-order valence-electron chi connectivity index (χ2n) is 1.25. The van der Waals surface area contributed by atoms with Crippen LogP contribution < -0.4 is 51.4 Å². The smallest absolute Gasteiger partial charge is 0.534 e. The molecule has 0 spiro atoms. The zero-order valence-electron chi connectivity index (χ0n) is 4.76. The molecule has 0 aromatic heterocycles. The molecular formula is C6H5KO. The van der Waals surface area contributed by atoms with Crippen LogP contribution in [0.25, 0.3) is 0 Å². The number of hydrogen-bond donors (Lipinski definition) is 1. The molecular weight excluding hydrogens is 127 g/mol. The largest absolute Gasteiger partial charge is 1.00 e. The Bertz CT molecular complexity index is 138. The van der Waals surface area contributed by atoms with Crippen LogP contribution in [-0.2, 0) is 0 Å². The zero-order chi connectivity index (χ0) is 5.11. The fourth-order valence-electron chi connectivity index (χ4n) is 0.384. The Labute approximate surface area is 91.1 Å². The van der Waals surface area contributed by atoms with Gasteiger partial charge < -0.3 is 5.11 Å². The van der Waals surface area contributed by atoms with Gasteiger partial charge in [-0.3, -0.25) is 0 Å². The summed E-state index contributed by atoms with van der Waals surface area (Å²) in [5.41, 5.74) is 0. The minimum absolute atomic E-state index is 0. The topological polar surface area (TPSA) is 20.2 Å². The molecule has 0 saturated carbocycles. The SMILES string of the molecule is Oc1[c-]cccc1.[K+]. The van der Waals surface area contributed by atoms with Gasteiger partial charge >= 0.3 is 51.4 Å². The van der Waals surface area contributed by atoms with Crippen LogP contribution in [0.1, 0.15) is 0 Å². The number of phenolic OH excluding ortho intramolecular Hbond substituents is 1. The van der Waals surface area contributed by atoms with Gasteiger partial charge in [0, 0.05) is 5.75 Å². The standard InChI is InChI=1S/C6H5O.K/c7-6-4-2-1-3-5-6;/h1-4,7H;/q-1;+1. The summed E-state index contributed by atoms with van der Waals surface area (Å²) < 4.78 is 0. The minimum atomic E-state index is 0. The van der Waals surface area contributed by atoms with Crippen molar-refractivity contribution in [2.75, 3.05) is 0 Å². The molecule has 1 aromatic carbocycles. The molecule has 0 heterocycles. The van der Waals surface area contributed by atoms with Crippen molar-refractivity contribution in [2.45, 2.75) is 0 Å². The number of hydrogen-bond acceptors (Lipinski definition) is 1. The van der Waals surface area contributed by atoms with E-state index in [2.05, 4.69) is 6.07 Å². The van der Waals surface area contributed by atoms with E-state index in [9.17, 15) is 0 Å². The van der Waals surface area contributed by atoms with Crippen molar-refractivity contribution < 1.29 is 56.5 Å². The first kappa shape index (κ1) is 8.66. The second kappa shape index (κ2) is 4.53. The Kier molecular flexibility index (Phi) is 4.90. The molecule has 0 aliphatic carbocycles. The van der Waals surface area contributed by atoms with Crippen molar-refractivity contribution in [3.05, 3.63) is 30.3 Å². The maximum Gasteiger partial charge on any atom is 1.00 e. The van der Waals surface area contributed by atoms with Gasteiger partial charge in [-0.1, -0.05) is 0 Å². The fourth-order valence-corrected chi connectivity index (χ4v) is 0.384. The first-order valence-corrected chi connectivity index (χ1v) is 2.05. The number of rotatable bonds is 0. The van der Waals surface area contributed by atoms with Crippen LogP contribution in [0.2, 0.25) is 0 Å². The predicted octanol–water partition coefficient (Wildman–Crippen LogP) is -1.80. The molecule has 8 heavy (non-hydrogen) atoms. The van der Waals surface area contributed by atoms with Gasteiger partial charge in [-0.05, 0) is 0 Å².